The fraction of sp³-hybridized carbons (Fsp3) is 0.419. The molecule has 2 aliphatic rings. The van der Waals surface area contributed by atoms with Gasteiger partial charge in [0.1, 0.15) is 0 Å². The Labute approximate surface area is 219 Å². The number of fused-ring (bicyclic) bond motifs is 1. The van der Waals surface area contributed by atoms with E-state index in [9.17, 15) is 9.59 Å². The summed E-state index contributed by atoms with van der Waals surface area (Å²) in [5.41, 5.74) is 8.16. The zero-order chi connectivity index (χ0) is 26.1. The van der Waals surface area contributed by atoms with Crippen LogP contribution in [0.1, 0.15) is 98.5 Å². The Bertz CT molecular complexity index is 1240. The van der Waals surface area contributed by atoms with Crippen molar-refractivity contribution in [3.8, 4) is 0 Å². The van der Waals surface area contributed by atoms with Gasteiger partial charge in [-0.2, -0.15) is 0 Å². The minimum atomic E-state index is -0.173. The molecule has 2 aromatic heterocycles. The predicted molar refractivity (Wildman–Crippen MR) is 145 cm³/mol. The normalized spacial score (nSPS) is 19.9. The van der Waals surface area contributed by atoms with Gasteiger partial charge in [0.25, 0.3) is 11.8 Å². The highest BCUT2D eigenvalue weighted by Gasteiger charge is 2.36. The molecule has 0 unspecified atom stereocenters. The third-order valence-electron chi connectivity index (χ3n) is 7.82. The van der Waals surface area contributed by atoms with Crippen LogP contribution in [0.25, 0.3) is 0 Å². The molecule has 2 amide bonds. The fourth-order valence-corrected chi connectivity index (χ4v) is 6.11. The van der Waals surface area contributed by atoms with Crippen molar-refractivity contribution in [1.82, 2.24) is 19.8 Å². The number of benzene rings is 1. The minimum absolute atomic E-state index is 0.173. The fourth-order valence-electron chi connectivity index (χ4n) is 6.11. The number of carbonyl (C=O) groups excluding carboxylic acids is 2. The Morgan fingerprint density at radius 3 is 1.73 bits per heavy atom. The summed E-state index contributed by atoms with van der Waals surface area (Å²) in [6, 6.07) is 12.0. The van der Waals surface area contributed by atoms with Crippen molar-refractivity contribution in [2.75, 3.05) is 13.1 Å². The molecule has 0 saturated carbocycles. The lowest BCUT2D eigenvalue weighted by Gasteiger charge is -2.42. The summed E-state index contributed by atoms with van der Waals surface area (Å²) >= 11 is 0. The molecule has 6 heteroatoms. The molecule has 1 saturated heterocycles. The first-order chi connectivity index (χ1) is 17.8. The van der Waals surface area contributed by atoms with E-state index in [0.717, 1.165) is 50.0 Å². The Hall–Kier alpha value is -3.38. The molecule has 192 valence electrons. The van der Waals surface area contributed by atoms with E-state index in [1.54, 1.807) is 12.1 Å². The van der Waals surface area contributed by atoms with Gasteiger partial charge in [0.15, 0.2) is 0 Å². The first kappa shape index (κ1) is 25.3. The van der Waals surface area contributed by atoms with Crippen LogP contribution in [0, 0.1) is 27.7 Å². The smallest absolute Gasteiger partial charge is 0.261 e. The standard InChI is InChI=1S/C31H36N4O2/c1-20-16-22(3)28(32-18-20)26-12-9-13-27(29-23(4)17-21(2)19-33-29)34(26)14-7-8-15-35-30(36)24-10-5-6-11-25(24)31(35)37/h5-6,10-11,16-19,26-27H,7-9,12-15H2,1-4H3/t26-,27+. The number of amides is 2. The molecule has 0 N–H and O–H groups in total. The van der Waals surface area contributed by atoms with Crippen LogP contribution in [0.3, 0.4) is 0 Å². The van der Waals surface area contributed by atoms with E-state index in [0.29, 0.717) is 17.7 Å². The Balaban J connectivity index is 1.35. The SMILES string of the molecule is Cc1cnc([C@H]2CCC[C@@H](c3ncc(C)cc3C)N2CCCCN2C(=O)c3ccccc3C2=O)c(C)c1. The lowest BCUT2D eigenvalue weighted by atomic mass is 9.88. The molecule has 3 aromatic rings. The summed E-state index contributed by atoms with van der Waals surface area (Å²) in [5, 5.41) is 0. The topological polar surface area (TPSA) is 66.4 Å². The number of rotatable bonds is 7. The summed E-state index contributed by atoms with van der Waals surface area (Å²) in [5.74, 6) is -0.346. The lowest BCUT2D eigenvalue weighted by Crippen LogP contribution is -2.39. The highest BCUT2D eigenvalue weighted by molar-refractivity contribution is 6.21. The zero-order valence-electron chi connectivity index (χ0n) is 22.3. The van der Waals surface area contributed by atoms with Gasteiger partial charge in [-0.15, -0.1) is 0 Å². The van der Waals surface area contributed by atoms with E-state index in [-0.39, 0.29) is 23.9 Å². The largest absolute Gasteiger partial charge is 0.286 e. The number of likely N-dealkylation sites (tertiary alicyclic amines) is 1. The van der Waals surface area contributed by atoms with Gasteiger partial charge in [-0.25, -0.2) is 0 Å². The molecule has 5 rings (SSSR count). The molecule has 4 heterocycles. The molecule has 0 spiro atoms. The molecule has 37 heavy (non-hydrogen) atoms. The van der Waals surface area contributed by atoms with Crippen LogP contribution in [-0.4, -0.2) is 44.7 Å². The molecule has 1 aromatic carbocycles. The molecule has 0 aliphatic carbocycles. The van der Waals surface area contributed by atoms with Gasteiger partial charge in [0, 0.05) is 18.9 Å². The quantitative estimate of drug-likeness (QED) is 0.294. The number of carbonyl (C=O) groups is 2. The third kappa shape index (κ3) is 4.95. The predicted octanol–water partition coefficient (Wildman–Crippen LogP) is 6.05. The van der Waals surface area contributed by atoms with Crippen LogP contribution in [0.2, 0.25) is 0 Å². The molecule has 6 nitrogen and oxygen atoms in total. The molecule has 2 aliphatic heterocycles. The van der Waals surface area contributed by atoms with Gasteiger partial charge in [-0.3, -0.25) is 29.4 Å². The number of piperidine rings is 1. The van der Waals surface area contributed by atoms with E-state index < -0.39 is 0 Å². The number of aryl methyl sites for hydroxylation is 4. The molecule has 2 atom stereocenters. The second-order valence-electron chi connectivity index (χ2n) is 10.6. The van der Waals surface area contributed by atoms with Gasteiger partial charge in [0.05, 0.1) is 34.6 Å². The maximum atomic E-state index is 12.8. The summed E-state index contributed by atoms with van der Waals surface area (Å²) < 4.78 is 0. The van der Waals surface area contributed by atoms with Gasteiger partial charge in [-0.1, -0.05) is 24.3 Å². The van der Waals surface area contributed by atoms with Crippen molar-refractivity contribution in [1.29, 1.82) is 0 Å². The first-order valence-corrected chi connectivity index (χ1v) is 13.4. The van der Waals surface area contributed by atoms with Crippen molar-refractivity contribution in [3.05, 3.63) is 93.6 Å². The number of hydrogen-bond acceptors (Lipinski definition) is 5. The average molecular weight is 497 g/mol. The number of unbranched alkanes of at least 4 members (excludes halogenated alkanes) is 1. The lowest BCUT2D eigenvalue weighted by molar-refractivity contribution is 0.0623. The van der Waals surface area contributed by atoms with Crippen molar-refractivity contribution in [3.63, 3.8) is 0 Å². The van der Waals surface area contributed by atoms with Crippen LogP contribution in [-0.2, 0) is 0 Å². The van der Waals surface area contributed by atoms with E-state index in [1.807, 2.05) is 24.5 Å². The first-order valence-electron chi connectivity index (χ1n) is 13.4. The number of hydrogen-bond donors (Lipinski definition) is 0. The monoisotopic (exact) mass is 496 g/mol. The maximum absolute atomic E-state index is 12.8. The number of aromatic nitrogens is 2. The van der Waals surface area contributed by atoms with Crippen LogP contribution in [0.15, 0.2) is 48.8 Å². The Morgan fingerprint density at radius 2 is 1.24 bits per heavy atom. The highest BCUT2D eigenvalue weighted by Crippen LogP contribution is 2.42. The molecule has 0 radical (unpaired) electrons. The molecular formula is C31H36N4O2. The van der Waals surface area contributed by atoms with Crippen molar-refractivity contribution in [2.24, 2.45) is 0 Å². The van der Waals surface area contributed by atoms with Crippen molar-refractivity contribution < 1.29 is 9.59 Å². The Kier molecular flexibility index (Phi) is 7.20. The maximum Gasteiger partial charge on any atom is 0.261 e. The van der Waals surface area contributed by atoms with E-state index in [4.69, 9.17) is 9.97 Å². The Morgan fingerprint density at radius 1 is 0.757 bits per heavy atom. The molecular weight excluding hydrogens is 460 g/mol. The summed E-state index contributed by atoms with van der Waals surface area (Å²) in [6.45, 7) is 9.80. The minimum Gasteiger partial charge on any atom is -0.286 e. The number of nitrogens with zero attached hydrogens (tertiary/aromatic N) is 4. The second kappa shape index (κ2) is 10.5. The van der Waals surface area contributed by atoms with E-state index >= 15 is 0 Å². The van der Waals surface area contributed by atoms with Crippen LogP contribution in [0.4, 0.5) is 0 Å². The van der Waals surface area contributed by atoms with Gasteiger partial charge in [0.2, 0.25) is 0 Å². The summed E-state index contributed by atoms with van der Waals surface area (Å²) in [4.78, 5) is 39.3. The van der Waals surface area contributed by atoms with Crippen LogP contribution in [0.5, 0.6) is 0 Å². The van der Waals surface area contributed by atoms with Gasteiger partial charge < -0.3 is 0 Å². The third-order valence-corrected chi connectivity index (χ3v) is 7.82. The summed E-state index contributed by atoms with van der Waals surface area (Å²) in [7, 11) is 0. The van der Waals surface area contributed by atoms with Gasteiger partial charge >= 0.3 is 0 Å². The highest BCUT2D eigenvalue weighted by atomic mass is 16.2. The van der Waals surface area contributed by atoms with Crippen LogP contribution >= 0.6 is 0 Å². The van der Waals surface area contributed by atoms with E-state index in [2.05, 4.69) is 44.7 Å². The molecule has 1 fully saturated rings. The summed E-state index contributed by atoms with van der Waals surface area (Å²) in [6.07, 6.45) is 8.86. The van der Waals surface area contributed by atoms with E-state index in [1.165, 1.54) is 27.2 Å². The van der Waals surface area contributed by atoms with Crippen LogP contribution < -0.4 is 0 Å². The second-order valence-corrected chi connectivity index (χ2v) is 10.6. The molecule has 0 bridgehead atoms. The average Bonchev–Trinajstić information content (AvgIpc) is 3.12. The van der Waals surface area contributed by atoms with Crippen molar-refractivity contribution in [2.45, 2.75) is 71.9 Å². The van der Waals surface area contributed by atoms with Crippen molar-refractivity contribution >= 4 is 11.8 Å². The number of imide groups is 1. The van der Waals surface area contributed by atoms with Gasteiger partial charge in [-0.05, 0) is 101 Å². The zero-order valence-corrected chi connectivity index (χ0v) is 22.3. The number of pyridine rings is 2.